The van der Waals surface area contributed by atoms with Gasteiger partial charge in [0.15, 0.2) is 6.29 Å². The van der Waals surface area contributed by atoms with E-state index < -0.39 is 24.0 Å². The van der Waals surface area contributed by atoms with Crippen LogP contribution in [0.5, 0.6) is 0 Å². The van der Waals surface area contributed by atoms with Crippen molar-refractivity contribution in [2.24, 2.45) is 5.73 Å². The molecule has 0 bridgehead atoms. The summed E-state index contributed by atoms with van der Waals surface area (Å²) in [4.78, 5) is 10.4. The first-order chi connectivity index (χ1) is 5.48. The van der Waals surface area contributed by atoms with Gasteiger partial charge in [-0.3, -0.25) is 4.79 Å². The van der Waals surface area contributed by atoms with Crippen LogP contribution in [0, 0.1) is 0 Å². The highest BCUT2D eigenvalue weighted by atomic mass is 16.6. The molecule has 0 radical (unpaired) electrons. The summed E-state index contributed by atoms with van der Waals surface area (Å²) in [5, 5.41) is 18.7. The number of aldehydes is 1. The molecular weight excluding hydrogens is 162 g/mol. The molecule has 0 aliphatic carbocycles. The van der Waals surface area contributed by atoms with Crippen molar-refractivity contribution in [1.82, 2.24) is 0 Å². The van der Waals surface area contributed by atoms with Gasteiger partial charge in [-0.2, -0.15) is 0 Å². The fourth-order valence-electron chi connectivity index (χ4n) is 1.32. The van der Waals surface area contributed by atoms with Crippen LogP contribution in [0.15, 0.2) is 0 Å². The maximum atomic E-state index is 10.4. The summed E-state index contributed by atoms with van der Waals surface area (Å²) in [5.74, 6) is -1.82. The van der Waals surface area contributed by atoms with Gasteiger partial charge in [-0.15, -0.1) is 0 Å². The molecule has 1 rings (SSSR count). The van der Waals surface area contributed by atoms with E-state index >= 15 is 0 Å². The van der Waals surface area contributed by atoms with Crippen LogP contribution in [-0.2, 0) is 9.53 Å². The van der Waals surface area contributed by atoms with E-state index in [9.17, 15) is 15.0 Å². The molecule has 0 aromatic carbocycles. The average molecular weight is 175 g/mol. The zero-order valence-electron chi connectivity index (χ0n) is 6.80. The van der Waals surface area contributed by atoms with E-state index in [1.165, 1.54) is 0 Å². The predicted molar refractivity (Wildman–Crippen MR) is 40.2 cm³/mol. The molecule has 1 saturated heterocycles. The molecule has 1 unspecified atom stereocenters. The Kier molecular flexibility index (Phi) is 2.48. The fourth-order valence-corrected chi connectivity index (χ4v) is 1.32. The van der Waals surface area contributed by atoms with Crippen molar-refractivity contribution in [1.29, 1.82) is 0 Å². The van der Waals surface area contributed by atoms with Gasteiger partial charge in [0.2, 0.25) is 5.79 Å². The van der Waals surface area contributed by atoms with E-state index in [1.54, 1.807) is 6.92 Å². The Labute approximate surface area is 70.1 Å². The minimum atomic E-state index is -1.82. The van der Waals surface area contributed by atoms with Crippen LogP contribution < -0.4 is 5.73 Å². The van der Waals surface area contributed by atoms with Gasteiger partial charge in [-0.05, 0) is 6.92 Å². The summed E-state index contributed by atoms with van der Waals surface area (Å²) in [5.41, 5.74) is 5.47. The zero-order chi connectivity index (χ0) is 9.35. The number of aliphatic hydroxyl groups is 2. The molecule has 4 N–H and O–H groups in total. The van der Waals surface area contributed by atoms with Crippen molar-refractivity contribution < 1.29 is 19.7 Å². The summed E-state index contributed by atoms with van der Waals surface area (Å²) in [7, 11) is 0. The first-order valence-electron chi connectivity index (χ1n) is 3.79. The van der Waals surface area contributed by atoms with Gasteiger partial charge in [0, 0.05) is 12.5 Å². The normalized spacial score (nSPS) is 48.8. The van der Waals surface area contributed by atoms with Gasteiger partial charge >= 0.3 is 0 Å². The maximum absolute atomic E-state index is 10.4. The molecular formula is C7H13NO4. The van der Waals surface area contributed by atoms with E-state index in [4.69, 9.17) is 10.5 Å². The zero-order valence-corrected chi connectivity index (χ0v) is 6.80. The first kappa shape index (κ1) is 9.60. The fraction of sp³-hybridized carbons (Fsp3) is 0.857. The summed E-state index contributed by atoms with van der Waals surface area (Å²) < 4.78 is 4.86. The second-order valence-corrected chi connectivity index (χ2v) is 3.14. The SMILES string of the molecule is C[C@@H]1OC(O)(C=O)C[C@H](N)[C@@H]1O. The standard InChI is InChI=1S/C7H13NO4/c1-4-6(10)5(8)2-7(11,3-9)12-4/h3-6,10-11H,2,8H2,1H3/t4-,5-,6+,7?/m0/s1. The Morgan fingerprint density at radius 1 is 1.75 bits per heavy atom. The lowest BCUT2D eigenvalue weighted by Gasteiger charge is -2.38. The highest BCUT2D eigenvalue weighted by molar-refractivity contribution is 5.60. The van der Waals surface area contributed by atoms with Crippen molar-refractivity contribution in [3.63, 3.8) is 0 Å². The van der Waals surface area contributed by atoms with Gasteiger partial charge in [0.1, 0.15) is 0 Å². The summed E-state index contributed by atoms with van der Waals surface area (Å²) in [6.07, 6.45) is -1.22. The van der Waals surface area contributed by atoms with Gasteiger partial charge in [-0.25, -0.2) is 0 Å². The van der Waals surface area contributed by atoms with Crippen molar-refractivity contribution >= 4 is 6.29 Å². The van der Waals surface area contributed by atoms with E-state index in [-0.39, 0.29) is 6.42 Å². The van der Waals surface area contributed by atoms with Crippen LogP contribution in [0.1, 0.15) is 13.3 Å². The molecule has 4 atom stereocenters. The monoisotopic (exact) mass is 175 g/mol. The van der Waals surface area contributed by atoms with Crippen molar-refractivity contribution in [2.45, 2.75) is 37.4 Å². The molecule has 1 aliphatic heterocycles. The Morgan fingerprint density at radius 2 is 2.33 bits per heavy atom. The van der Waals surface area contributed by atoms with Gasteiger partial charge in [-0.1, -0.05) is 0 Å². The number of carbonyl (C=O) groups excluding carboxylic acids is 1. The number of nitrogens with two attached hydrogens (primary N) is 1. The Balaban J connectivity index is 2.71. The molecule has 12 heavy (non-hydrogen) atoms. The Bertz CT molecular complexity index is 172. The maximum Gasteiger partial charge on any atom is 0.225 e. The number of ether oxygens (including phenoxy) is 1. The number of hydrogen-bond donors (Lipinski definition) is 3. The molecule has 5 nitrogen and oxygen atoms in total. The van der Waals surface area contributed by atoms with E-state index in [1.807, 2.05) is 0 Å². The summed E-state index contributed by atoms with van der Waals surface area (Å²) in [6.45, 7) is 1.55. The molecule has 0 aromatic rings. The van der Waals surface area contributed by atoms with Crippen LogP contribution in [-0.4, -0.2) is 40.5 Å². The van der Waals surface area contributed by atoms with Crippen LogP contribution in [0.2, 0.25) is 0 Å². The van der Waals surface area contributed by atoms with Crippen LogP contribution in [0.4, 0.5) is 0 Å². The number of rotatable bonds is 1. The molecule has 70 valence electrons. The third kappa shape index (κ3) is 1.64. The first-order valence-corrected chi connectivity index (χ1v) is 3.79. The molecule has 1 aliphatic rings. The average Bonchev–Trinajstić information content (AvgIpc) is 2.00. The Hall–Kier alpha value is -0.490. The minimum absolute atomic E-state index is 0.0675. The largest absolute Gasteiger partial charge is 0.389 e. The Morgan fingerprint density at radius 3 is 2.75 bits per heavy atom. The quantitative estimate of drug-likeness (QED) is 0.416. The van der Waals surface area contributed by atoms with Gasteiger partial charge in [0.05, 0.1) is 12.2 Å². The number of hydrogen-bond acceptors (Lipinski definition) is 5. The topological polar surface area (TPSA) is 92.8 Å². The van der Waals surface area contributed by atoms with E-state index in [0.29, 0.717) is 6.29 Å². The molecule has 0 saturated carbocycles. The minimum Gasteiger partial charge on any atom is -0.389 e. The molecule has 0 spiro atoms. The molecule has 0 amide bonds. The lowest BCUT2D eigenvalue weighted by molar-refractivity contribution is -0.254. The van der Waals surface area contributed by atoms with Gasteiger partial charge in [0.25, 0.3) is 0 Å². The lowest BCUT2D eigenvalue weighted by Crippen LogP contribution is -2.57. The highest BCUT2D eigenvalue weighted by Crippen LogP contribution is 2.24. The second-order valence-electron chi connectivity index (χ2n) is 3.14. The number of carbonyl (C=O) groups is 1. The van der Waals surface area contributed by atoms with Crippen LogP contribution >= 0.6 is 0 Å². The highest BCUT2D eigenvalue weighted by Gasteiger charge is 2.42. The van der Waals surface area contributed by atoms with Gasteiger partial charge < -0.3 is 20.7 Å². The molecule has 1 heterocycles. The molecule has 0 aromatic heterocycles. The predicted octanol–water partition coefficient (Wildman–Crippen LogP) is -1.63. The third-order valence-electron chi connectivity index (χ3n) is 2.02. The number of aliphatic hydroxyl groups excluding tert-OH is 1. The van der Waals surface area contributed by atoms with Crippen molar-refractivity contribution in [3.8, 4) is 0 Å². The van der Waals surface area contributed by atoms with E-state index in [2.05, 4.69) is 0 Å². The third-order valence-corrected chi connectivity index (χ3v) is 2.02. The molecule has 1 fully saturated rings. The van der Waals surface area contributed by atoms with E-state index in [0.717, 1.165) is 0 Å². The van der Waals surface area contributed by atoms with Crippen molar-refractivity contribution in [2.75, 3.05) is 0 Å². The van der Waals surface area contributed by atoms with Crippen LogP contribution in [0.25, 0.3) is 0 Å². The van der Waals surface area contributed by atoms with Crippen LogP contribution in [0.3, 0.4) is 0 Å². The van der Waals surface area contributed by atoms with Crippen molar-refractivity contribution in [3.05, 3.63) is 0 Å². The lowest BCUT2D eigenvalue weighted by atomic mass is 9.95. The summed E-state index contributed by atoms with van der Waals surface area (Å²) >= 11 is 0. The smallest absolute Gasteiger partial charge is 0.225 e. The second kappa shape index (κ2) is 3.10. The molecule has 5 heteroatoms. The summed E-state index contributed by atoms with van der Waals surface area (Å²) in [6, 6.07) is -0.621.